The third-order valence-corrected chi connectivity index (χ3v) is 3.47. The summed E-state index contributed by atoms with van der Waals surface area (Å²) in [5.74, 6) is -1.08. The van der Waals surface area contributed by atoms with Gasteiger partial charge in [0.1, 0.15) is 21.6 Å². The molecule has 2 rings (SSSR count). The fraction of sp³-hybridized carbons (Fsp3) is 0.333. The van der Waals surface area contributed by atoms with E-state index in [4.69, 9.17) is 0 Å². The molecule has 0 saturated carbocycles. The van der Waals surface area contributed by atoms with E-state index in [-0.39, 0.29) is 12.0 Å². The summed E-state index contributed by atoms with van der Waals surface area (Å²) >= 11 is 1.39. The second kappa shape index (κ2) is 5.97. The van der Waals surface area contributed by atoms with E-state index in [1.165, 1.54) is 29.5 Å². The summed E-state index contributed by atoms with van der Waals surface area (Å²) in [5.41, 5.74) is 0.0498. The summed E-state index contributed by atoms with van der Waals surface area (Å²) in [6.45, 7) is 0.808. The van der Waals surface area contributed by atoms with Crippen LogP contribution in [0.2, 0.25) is 0 Å². The minimum Gasteiger partial charge on any atom is -0.319 e. The average molecular weight is 269 g/mol. The van der Waals surface area contributed by atoms with Gasteiger partial charge in [0.05, 0.1) is 0 Å². The monoisotopic (exact) mass is 269 g/mol. The molecule has 1 heterocycles. The molecule has 0 aliphatic rings. The Kier molecular flexibility index (Phi) is 4.33. The third kappa shape index (κ3) is 3.08. The molecule has 1 N–H and O–H groups in total. The highest BCUT2D eigenvalue weighted by Crippen LogP contribution is 2.19. The molecular formula is C12H13F2N3S. The largest absolute Gasteiger partial charge is 0.319 e. The van der Waals surface area contributed by atoms with Crippen LogP contribution in [0.3, 0.4) is 0 Å². The van der Waals surface area contributed by atoms with Crippen LogP contribution in [0.25, 0.3) is 0 Å². The number of hydrogen-bond acceptors (Lipinski definition) is 4. The van der Waals surface area contributed by atoms with Crippen molar-refractivity contribution >= 4 is 11.3 Å². The maximum absolute atomic E-state index is 13.5. The quantitative estimate of drug-likeness (QED) is 0.904. The van der Waals surface area contributed by atoms with E-state index in [1.807, 2.05) is 7.05 Å². The Bertz CT molecular complexity index is 508. The summed E-state index contributed by atoms with van der Waals surface area (Å²) in [6, 6.07) is 3.86. The predicted molar refractivity (Wildman–Crippen MR) is 66.7 cm³/mol. The molecule has 96 valence electrons. The number of aromatic nitrogens is 2. The van der Waals surface area contributed by atoms with Crippen LogP contribution in [0.1, 0.15) is 15.6 Å². The second-order valence-electron chi connectivity index (χ2n) is 3.82. The molecule has 0 saturated heterocycles. The molecule has 0 bridgehead atoms. The number of nitrogens with one attached hydrogen (secondary N) is 1. The van der Waals surface area contributed by atoms with Crippen LogP contribution >= 0.6 is 11.3 Å². The number of nitrogens with zero attached hydrogens (tertiary/aromatic N) is 2. The molecule has 3 nitrogen and oxygen atoms in total. The van der Waals surface area contributed by atoms with Crippen LogP contribution in [0, 0.1) is 11.6 Å². The lowest BCUT2D eigenvalue weighted by atomic mass is 10.1. The van der Waals surface area contributed by atoms with Crippen LogP contribution in [0.15, 0.2) is 18.2 Å². The maximum Gasteiger partial charge on any atom is 0.129 e. The molecule has 0 aliphatic heterocycles. The number of benzene rings is 1. The zero-order chi connectivity index (χ0) is 13.0. The van der Waals surface area contributed by atoms with E-state index < -0.39 is 11.6 Å². The molecule has 0 atom stereocenters. The molecule has 0 radical (unpaired) electrons. The van der Waals surface area contributed by atoms with Gasteiger partial charge in [0.15, 0.2) is 0 Å². The van der Waals surface area contributed by atoms with Gasteiger partial charge in [0, 0.05) is 24.9 Å². The van der Waals surface area contributed by atoms with Gasteiger partial charge in [0.25, 0.3) is 0 Å². The van der Waals surface area contributed by atoms with E-state index in [0.29, 0.717) is 5.01 Å². The molecule has 0 spiro atoms. The zero-order valence-electron chi connectivity index (χ0n) is 9.91. The lowest BCUT2D eigenvalue weighted by molar-refractivity contribution is 0.561. The van der Waals surface area contributed by atoms with Gasteiger partial charge in [-0.05, 0) is 19.2 Å². The fourth-order valence-corrected chi connectivity index (χ4v) is 2.40. The predicted octanol–water partition coefficient (Wildman–Crippen LogP) is 2.17. The molecule has 6 heteroatoms. The van der Waals surface area contributed by atoms with Crippen LogP contribution < -0.4 is 5.32 Å². The molecule has 0 amide bonds. The van der Waals surface area contributed by atoms with Crippen molar-refractivity contribution in [2.75, 3.05) is 13.6 Å². The molecular weight excluding hydrogens is 256 g/mol. The van der Waals surface area contributed by atoms with E-state index in [0.717, 1.165) is 18.0 Å². The Labute approximate surface area is 108 Å². The van der Waals surface area contributed by atoms with E-state index >= 15 is 0 Å². The minimum atomic E-state index is -0.540. The number of halogens is 2. The normalized spacial score (nSPS) is 10.8. The summed E-state index contributed by atoms with van der Waals surface area (Å²) in [4.78, 5) is 0. The van der Waals surface area contributed by atoms with Crippen molar-refractivity contribution < 1.29 is 8.78 Å². The van der Waals surface area contributed by atoms with Crippen molar-refractivity contribution in [2.24, 2.45) is 0 Å². The molecule has 0 fully saturated rings. The van der Waals surface area contributed by atoms with Gasteiger partial charge in [-0.2, -0.15) is 0 Å². The summed E-state index contributed by atoms with van der Waals surface area (Å²) < 4.78 is 26.9. The van der Waals surface area contributed by atoms with Gasteiger partial charge < -0.3 is 5.32 Å². The standard InChI is InChI=1S/C12H13F2N3S/c1-15-6-5-11-16-17-12(18-11)7-8-9(13)3-2-4-10(8)14/h2-4,15H,5-7H2,1H3. The van der Waals surface area contributed by atoms with Crippen molar-refractivity contribution in [3.63, 3.8) is 0 Å². The Hall–Kier alpha value is -1.40. The zero-order valence-corrected chi connectivity index (χ0v) is 10.7. The van der Waals surface area contributed by atoms with Crippen molar-refractivity contribution in [3.8, 4) is 0 Å². The summed E-state index contributed by atoms with van der Waals surface area (Å²) in [6.07, 6.45) is 0.920. The van der Waals surface area contributed by atoms with Crippen LogP contribution in [0.4, 0.5) is 8.78 Å². The number of likely N-dealkylation sites (N-methyl/N-ethyl adjacent to an activating group) is 1. The lowest BCUT2D eigenvalue weighted by Crippen LogP contribution is -2.09. The summed E-state index contributed by atoms with van der Waals surface area (Å²) in [5, 5.41) is 12.5. The van der Waals surface area contributed by atoms with Crippen LogP contribution in [0.5, 0.6) is 0 Å². The van der Waals surface area contributed by atoms with Gasteiger partial charge in [-0.15, -0.1) is 21.5 Å². The van der Waals surface area contributed by atoms with Crippen LogP contribution in [-0.4, -0.2) is 23.8 Å². The second-order valence-corrected chi connectivity index (χ2v) is 4.97. The van der Waals surface area contributed by atoms with E-state index in [9.17, 15) is 8.78 Å². The average Bonchev–Trinajstić information content (AvgIpc) is 2.79. The van der Waals surface area contributed by atoms with E-state index in [1.54, 1.807) is 0 Å². The van der Waals surface area contributed by atoms with Crippen LogP contribution in [-0.2, 0) is 12.8 Å². The highest BCUT2D eigenvalue weighted by atomic mass is 32.1. The smallest absolute Gasteiger partial charge is 0.129 e. The first-order valence-corrected chi connectivity index (χ1v) is 6.41. The first kappa shape index (κ1) is 13.0. The first-order valence-electron chi connectivity index (χ1n) is 5.59. The highest BCUT2D eigenvalue weighted by Gasteiger charge is 2.12. The number of hydrogen-bond donors (Lipinski definition) is 1. The molecule has 1 aromatic heterocycles. The molecule has 0 aliphatic carbocycles. The van der Waals surface area contributed by atoms with Crippen molar-refractivity contribution in [1.82, 2.24) is 15.5 Å². The van der Waals surface area contributed by atoms with Gasteiger partial charge in [-0.3, -0.25) is 0 Å². The molecule has 0 unspecified atom stereocenters. The van der Waals surface area contributed by atoms with Crippen molar-refractivity contribution in [1.29, 1.82) is 0 Å². The Balaban J connectivity index is 2.11. The minimum absolute atomic E-state index is 0.0498. The highest BCUT2D eigenvalue weighted by molar-refractivity contribution is 7.11. The SMILES string of the molecule is CNCCc1nnc(Cc2c(F)cccc2F)s1. The first-order chi connectivity index (χ1) is 8.70. The van der Waals surface area contributed by atoms with Gasteiger partial charge in [0.2, 0.25) is 0 Å². The van der Waals surface area contributed by atoms with Crippen molar-refractivity contribution in [3.05, 3.63) is 45.4 Å². The fourth-order valence-electron chi connectivity index (χ4n) is 1.55. The Morgan fingerprint density at radius 3 is 2.50 bits per heavy atom. The van der Waals surface area contributed by atoms with Crippen molar-refractivity contribution in [2.45, 2.75) is 12.8 Å². The van der Waals surface area contributed by atoms with Gasteiger partial charge >= 0.3 is 0 Å². The topological polar surface area (TPSA) is 37.8 Å². The lowest BCUT2D eigenvalue weighted by Gasteiger charge is -2.01. The Morgan fingerprint density at radius 2 is 1.83 bits per heavy atom. The molecule has 18 heavy (non-hydrogen) atoms. The summed E-state index contributed by atoms with van der Waals surface area (Å²) in [7, 11) is 1.86. The molecule has 1 aromatic carbocycles. The third-order valence-electron chi connectivity index (χ3n) is 2.49. The number of rotatable bonds is 5. The van der Waals surface area contributed by atoms with Gasteiger partial charge in [-0.25, -0.2) is 8.78 Å². The van der Waals surface area contributed by atoms with Gasteiger partial charge in [-0.1, -0.05) is 6.07 Å². The maximum atomic E-state index is 13.5. The Morgan fingerprint density at radius 1 is 1.17 bits per heavy atom. The molecule has 2 aromatic rings. The van der Waals surface area contributed by atoms with E-state index in [2.05, 4.69) is 15.5 Å².